The molecule has 4 heterocycles. The highest BCUT2D eigenvalue weighted by molar-refractivity contribution is 8.05. The van der Waals surface area contributed by atoms with Gasteiger partial charge in [0, 0.05) is 94.4 Å². The van der Waals surface area contributed by atoms with Crippen LogP contribution in [0.2, 0.25) is 0 Å². The highest BCUT2D eigenvalue weighted by atomic mass is 32.2. The van der Waals surface area contributed by atoms with Gasteiger partial charge in [-0.05, 0) is 37.3 Å². The minimum absolute atomic E-state index is 0.0981. The van der Waals surface area contributed by atoms with Crippen molar-refractivity contribution in [2.45, 2.75) is 32.5 Å². The predicted molar refractivity (Wildman–Crippen MR) is 159 cm³/mol. The Morgan fingerprint density at radius 2 is 1.80 bits per heavy atom. The zero-order valence-corrected chi connectivity index (χ0v) is 24.0. The molecule has 40 heavy (non-hydrogen) atoms. The van der Waals surface area contributed by atoms with E-state index in [4.69, 9.17) is 4.74 Å². The fourth-order valence-electron chi connectivity index (χ4n) is 5.42. The first-order chi connectivity index (χ1) is 19.4. The van der Waals surface area contributed by atoms with E-state index in [1.807, 2.05) is 0 Å². The number of nitrogens with zero attached hydrogens (tertiary/aromatic N) is 3. The van der Waals surface area contributed by atoms with Gasteiger partial charge in [0.15, 0.2) is 0 Å². The second-order valence-corrected chi connectivity index (χ2v) is 12.5. The third kappa shape index (κ3) is 5.97. The van der Waals surface area contributed by atoms with Crippen molar-refractivity contribution in [1.82, 2.24) is 14.8 Å². The van der Waals surface area contributed by atoms with Crippen LogP contribution >= 0.6 is 23.5 Å². The number of carboxylic acid groups (broad SMARTS) is 1. The Labute approximate surface area is 241 Å². The smallest absolute Gasteiger partial charge is 0.407 e. The Morgan fingerprint density at radius 1 is 1.00 bits per heavy atom. The Hall–Kier alpha value is -3.12. The first-order valence-electron chi connectivity index (χ1n) is 13.6. The molecule has 3 aliphatic heterocycles. The number of piperazine rings is 1. The van der Waals surface area contributed by atoms with Crippen LogP contribution in [-0.4, -0.2) is 91.1 Å². The van der Waals surface area contributed by atoms with Crippen LogP contribution in [0.1, 0.15) is 6.92 Å². The van der Waals surface area contributed by atoms with Gasteiger partial charge in [-0.2, -0.15) is 0 Å². The molecule has 210 valence electrons. The normalized spacial score (nSPS) is 18.1. The number of amides is 1. The van der Waals surface area contributed by atoms with Crippen LogP contribution in [0, 0.1) is 0 Å². The van der Waals surface area contributed by atoms with Crippen LogP contribution in [0.25, 0.3) is 11.3 Å². The van der Waals surface area contributed by atoms with Gasteiger partial charge in [-0.1, -0.05) is 35.7 Å². The van der Waals surface area contributed by atoms with Gasteiger partial charge in [0.25, 0.3) is 0 Å². The van der Waals surface area contributed by atoms with Crippen LogP contribution in [0.3, 0.4) is 0 Å². The second kappa shape index (κ2) is 11.8. The molecule has 1 atom stereocenters. The van der Waals surface area contributed by atoms with E-state index in [1.165, 1.54) is 19.6 Å². The summed E-state index contributed by atoms with van der Waals surface area (Å²) in [5, 5.41) is 12.8. The Kier molecular flexibility index (Phi) is 7.97. The molecule has 3 N–H and O–H groups in total. The molecule has 0 bridgehead atoms. The van der Waals surface area contributed by atoms with Gasteiger partial charge in [-0.25, -0.2) is 4.79 Å². The van der Waals surface area contributed by atoms with Crippen molar-refractivity contribution < 1.29 is 14.6 Å². The summed E-state index contributed by atoms with van der Waals surface area (Å²) >= 11 is 3.50. The van der Waals surface area contributed by atoms with Gasteiger partial charge < -0.3 is 29.9 Å². The van der Waals surface area contributed by atoms with Crippen LogP contribution in [0.4, 0.5) is 16.2 Å². The molecule has 11 heteroatoms. The number of carbonyl (C=O) groups is 1. The first kappa shape index (κ1) is 27.1. The molecule has 6 rings (SSSR count). The number of rotatable bonds is 6. The Bertz CT molecular complexity index is 1450. The highest BCUT2D eigenvalue weighted by Crippen LogP contribution is 2.52. The molecule has 2 fully saturated rings. The van der Waals surface area contributed by atoms with Crippen molar-refractivity contribution in [2.75, 3.05) is 69.2 Å². The number of anilines is 2. The summed E-state index contributed by atoms with van der Waals surface area (Å²) in [6.45, 7) is 8.57. The fourth-order valence-corrected chi connectivity index (χ4v) is 7.83. The zero-order valence-electron chi connectivity index (χ0n) is 22.4. The van der Waals surface area contributed by atoms with E-state index in [1.54, 1.807) is 29.6 Å². The number of nitrogens with one attached hydrogen (secondary N) is 2. The van der Waals surface area contributed by atoms with E-state index in [9.17, 15) is 14.7 Å². The van der Waals surface area contributed by atoms with Crippen molar-refractivity contribution in [2.24, 2.45) is 0 Å². The lowest BCUT2D eigenvalue weighted by Gasteiger charge is -2.34. The van der Waals surface area contributed by atoms with Crippen LogP contribution < -0.4 is 15.8 Å². The van der Waals surface area contributed by atoms with E-state index in [-0.39, 0.29) is 11.6 Å². The molecule has 1 unspecified atom stereocenters. The SMILES string of the molecule is CC(CN1CCN(C(=O)O)CC1)Nc1ccc2c(c1)Sc1cccc(-c3cc(N4CCOCC4)cc(=O)[nH]3)c1S2. The quantitative estimate of drug-likeness (QED) is 0.303. The average Bonchev–Trinajstić information content (AvgIpc) is 2.96. The predicted octanol–water partition coefficient (Wildman–Crippen LogP) is 4.59. The van der Waals surface area contributed by atoms with Crippen LogP contribution in [0.5, 0.6) is 0 Å². The topological polar surface area (TPSA) is 101 Å². The summed E-state index contributed by atoms with van der Waals surface area (Å²) in [4.78, 5) is 37.6. The molecule has 3 aliphatic rings. The minimum atomic E-state index is -0.834. The third-order valence-electron chi connectivity index (χ3n) is 7.44. The summed E-state index contributed by atoms with van der Waals surface area (Å²) in [5.74, 6) is 0. The molecule has 2 aromatic carbocycles. The molecule has 1 aromatic heterocycles. The van der Waals surface area contributed by atoms with E-state index in [0.29, 0.717) is 26.3 Å². The maximum Gasteiger partial charge on any atom is 0.407 e. The van der Waals surface area contributed by atoms with Crippen molar-refractivity contribution in [3.8, 4) is 11.3 Å². The minimum Gasteiger partial charge on any atom is -0.465 e. The fraction of sp³-hybridized carbons (Fsp3) is 0.379. The van der Waals surface area contributed by atoms with Gasteiger partial charge in [0.2, 0.25) is 5.56 Å². The number of morpholine rings is 1. The molecular weight excluding hydrogens is 546 g/mol. The number of aromatic amines is 1. The van der Waals surface area contributed by atoms with Gasteiger partial charge in [-0.15, -0.1) is 0 Å². The van der Waals surface area contributed by atoms with E-state index in [0.717, 1.165) is 60.3 Å². The van der Waals surface area contributed by atoms with Crippen molar-refractivity contribution in [1.29, 1.82) is 0 Å². The number of benzene rings is 2. The number of pyridine rings is 1. The van der Waals surface area contributed by atoms with Gasteiger partial charge in [0.05, 0.1) is 18.9 Å². The standard InChI is InChI=1S/C29H33N5O4S2/c1-19(18-32-7-9-34(10-8-32)29(36)37)30-20-5-6-24-26(15-20)39-25-4-2-3-22(28(25)40-24)23-16-21(17-27(35)31-23)33-11-13-38-14-12-33/h2-6,15-17,19,30H,7-14,18H2,1H3,(H,31,35)(H,36,37). The monoisotopic (exact) mass is 579 g/mol. The maximum absolute atomic E-state index is 12.6. The van der Waals surface area contributed by atoms with Gasteiger partial charge in [-0.3, -0.25) is 9.69 Å². The first-order valence-corrected chi connectivity index (χ1v) is 15.2. The van der Waals surface area contributed by atoms with Crippen molar-refractivity contribution >= 4 is 41.0 Å². The summed E-state index contributed by atoms with van der Waals surface area (Å²) in [5.41, 5.74) is 3.78. The van der Waals surface area contributed by atoms with Gasteiger partial charge >= 0.3 is 6.09 Å². The number of H-pyrrole nitrogens is 1. The van der Waals surface area contributed by atoms with Gasteiger partial charge in [0.1, 0.15) is 0 Å². The molecule has 3 aromatic rings. The van der Waals surface area contributed by atoms with E-state index >= 15 is 0 Å². The summed E-state index contributed by atoms with van der Waals surface area (Å²) in [7, 11) is 0. The highest BCUT2D eigenvalue weighted by Gasteiger charge is 2.24. The number of hydrogen-bond acceptors (Lipinski definition) is 8. The lowest BCUT2D eigenvalue weighted by molar-refractivity contribution is 0.104. The maximum atomic E-state index is 12.6. The molecule has 9 nitrogen and oxygen atoms in total. The average molecular weight is 580 g/mol. The molecule has 0 aliphatic carbocycles. The molecule has 1 amide bonds. The Morgan fingerprint density at radius 3 is 2.58 bits per heavy atom. The largest absolute Gasteiger partial charge is 0.465 e. The molecular formula is C29H33N5O4S2. The number of fused-ring (bicyclic) bond motifs is 2. The lowest BCUT2D eigenvalue weighted by Crippen LogP contribution is -2.50. The number of ether oxygens (including phenoxy) is 1. The molecule has 0 saturated carbocycles. The summed E-state index contributed by atoms with van der Waals surface area (Å²) in [6, 6.07) is 16.8. The van der Waals surface area contributed by atoms with E-state index in [2.05, 4.69) is 69.5 Å². The van der Waals surface area contributed by atoms with Crippen molar-refractivity contribution in [3.63, 3.8) is 0 Å². The molecule has 2 saturated heterocycles. The van der Waals surface area contributed by atoms with Crippen LogP contribution in [0.15, 0.2) is 72.9 Å². The summed E-state index contributed by atoms with van der Waals surface area (Å²) in [6.07, 6.45) is -0.834. The zero-order chi connectivity index (χ0) is 27.6. The van der Waals surface area contributed by atoms with Crippen molar-refractivity contribution in [3.05, 3.63) is 58.9 Å². The van der Waals surface area contributed by atoms with Crippen LogP contribution in [-0.2, 0) is 4.74 Å². The second-order valence-electron chi connectivity index (χ2n) is 10.3. The number of hydrogen-bond donors (Lipinski definition) is 3. The van der Waals surface area contributed by atoms with E-state index < -0.39 is 6.09 Å². The Balaban J connectivity index is 1.16. The third-order valence-corrected chi connectivity index (χ3v) is 10.0. The molecule has 0 radical (unpaired) electrons. The lowest BCUT2D eigenvalue weighted by atomic mass is 10.1. The molecule has 0 spiro atoms. The summed E-state index contributed by atoms with van der Waals surface area (Å²) < 4.78 is 5.49. The number of aromatic nitrogens is 1.